The molecule has 32 heavy (non-hydrogen) atoms. The van der Waals surface area contributed by atoms with E-state index in [2.05, 4.69) is 48.3 Å². The quantitative estimate of drug-likeness (QED) is 0.399. The lowest BCUT2D eigenvalue weighted by Crippen LogP contribution is -2.37. The molecule has 5 rings (SSSR count). The highest BCUT2D eigenvalue weighted by Crippen LogP contribution is 2.41. The van der Waals surface area contributed by atoms with Gasteiger partial charge in [0.2, 0.25) is 0 Å². The number of carbonyl (C=O) groups excluding carboxylic acids is 1. The smallest absolute Gasteiger partial charge is 0.291 e. The molecule has 1 amide bonds. The molecule has 0 spiro atoms. The van der Waals surface area contributed by atoms with Crippen molar-refractivity contribution >= 4 is 22.6 Å². The molecule has 1 unspecified atom stereocenters. The Balaban J connectivity index is 1.63. The number of likely N-dealkylation sites (tertiary alicyclic amines) is 1. The first-order chi connectivity index (χ1) is 15.6. The van der Waals surface area contributed by atoms with Gasteiger partial charge in [-0.3, -0.25) is 9.69 Å². The third-order valence-corrected chi connectivity index (χ3v) is 6.43. The second-order valence-corrected chi connectivity index (χ2v) is 8.80. The fraction of sp³-hybridized carbons (Fsp3) is 0.296. The zero-order valence-corrected chi connectivity index (χ0v) is 18.5. The molecule has 3 heterocycles. The van der Waals surface area contributed by atoms with E-state index in [1.807, 2.05) is 24.3 Å². The number of hydrogen-bond acceptors (Lipinski definition) is 4. The normalized spacial score (nSPS) is 16.3. The molecule has 5 nitrogen and oxygen atoms in total. The largest absolute Gasteiger partial charge is 0.459 e. The van der Waals surface area contributed by atoms with E-state index < -0.39 is 0 Å². The maximum Gasteiger partial charge on any atom is 0.291 e. The predicted octanol–water partition coefficient (Wildman–Crippen LogP) is 6.41. The molecule has 2 aromatic heterocycles. The Bertz CT molecular complexity index is 1200. The van der Waals surface area contributed by atoms with Crippen LogP contribution in [0.1, 0.15) is 53.2 Å². The van der Waals surface area contributed by atoms with Crippen molar-refractivity contribution in [2.45, 2.75) is 32.7 Å². The third-order valence-electron chi connectivity index (χ3n) is 6.43. The van der Waals surface area contributed by atoms with Crippen molar-refractivity contribution in [2.24, 2.45) is 5.92 Å². The van der Waals surface area contributed by atoms with Gasteiger partial charge in [-0.25, -0.2) is 0 Å². The van der Waals surface area contributed by atoms with Crippen LogP contribution in [0, 0.1) is 12.8 Å². The van der Waals surface area contributed by atoms with Gasteiger partial charge in [0.05, 0.1) is 18.0 Å². The highest BCUT2D eigenvalue weighted by atomic mass is 16.3. The number of piperidine rings is 1. The molecular weight excluding hydrogens is 400 g/mol. The summed E-state index contributed by atoms with van der Waals surface area (Å²) in [6.07, 6.45) is 3.81. The Labute approximate surface area is 188 Å². The Morgan fingerprint density at radius 2 is 1.78 bits per heavy atom. The molecule has 4 aromatic rings. The number of para-hydroxylation sites is 1. The first kappa shape index (κ1) is 20.6. The molecule has 2 aromatic carbocycles. The number of carbonyl (C=O) groups is 1. The maximum absolute atomic E-state index is 12.9. The van der Waals surface area contributed by atoms with E-state index in [0.29, 0.717) is 5.69 Å². The van der Waals surface area contributed by atoms with Gasteiger partial charge in [0.25, 0.3) is 5.91 Å². The molecular formula is C27H28N2O3. The Kier molecular flexibility index (Phi) is 5.58. The summed E-state index contributed by atoms with van der Waals surface area (Å²) in [5.41, 5.74) is 3.86. The van der Waals surface area contributed by atoms with Gasteiger partial charge in [-0.05, 0) is 68.6 Å². The fourth-order valence-electron chi connectivity index (χ4n) is 4.53. The standard InChI is InChI=1S/C27H28N2O3/c1-18-9-11-20(12-10-18)25(29-15-13-19(2)14-16-29)26-24(21-6-3-4-7-22(21)32-26)28-27(30)23-8-5-17-31-23/h3-12,17,19,25H,13-16H2,1-2H3,(H,28,30). The monoisotopic (exact) mass is 428 g/mol. The summed E-state index contributed by atoms with van der Waals surface area (Å²) < 4.78 is 11.8. The van der Waals surface area contributed by atoms with Gasteiger partial charge in [-0.2, -0.15) is 0 Å². The number of nitrogens with one attached hydrogen (secondary N) is 1. The van der Waals surface area contributed by atoms with Gasteiger partial charge in [0, 0.05) is 5.39 Å². The second kappa shape index (κ2) is 8.67. The zero-order valence-electron chi connectivity index (χ0n) is 18.5. The molecule has 1 saturated heterocycles. The third kappa shape index (κ3) is 3.96. The summed E-state index contributed by atoms with van der Waals surface area (Å²) in [7, 11) is 0. The molecule has 1 aliphatic rings. The van der Waals surface area contributed by atoms with Crippen molar-refractivity contribution in [3.8, 4) is 0 Å². The number of rotatable bonds is 5. The van der Waals surface area contributed by atoms with Crippen molar-refractivity contribution in [1.82, 2.24) is 4.90 Å². The van der Waals surface area contributed by atoms with Crippen LogP contribution in [-0.4, -0.2) is 23.9 Å². The first-order valence-corrected chi connectivity index (χ1v) is 11.3. The number of amides is 1. The summed E-state index contributed by atoms with van der Waals surface area (Å²) in [5.74, 6) is 1.49. The molecule has 5 heteroatoms. The fourth-order valence-corrected chi connectivity index (χ4v) is 4.53. The van der Waals surface area contributed by atoms with Crippen LogP contribution >= 0.6 is 0 Å². The van der Waals surface area contributed by atoms with Crippen molar-refractivity contribution < 1.29 is 13.6 Å². The molecule has 1 N–H and O–H groups in total. The second-order valence-electron chi connectivity index (χ2n) is 8.80. The lowest BCUT2D eigenvalue weighted by atomic mass is 9.94. The van der Waals surface area contributed by atoms with Gasteiger partial charge < -0.3 is 14.2 Å². The summed E-state index contributed by atoms with van der Waals surface area (Å²) in [6.45, 7) is 6.39. The van der Waals surface area contributed by atoms with E-state index >= 15 is 0 Å². The first-order valence-electron chi connectivity index (χ1n) is 11.3. The molecule has 164 valence electrons. The van der Waals surface area contributed by atoms with E-state index in [1.165, 1.54) is 11.8 Å². The van der Waals surface area contributed by atoms with Crippen molar-refractivity contribution in [1.29, 1.82) is 0 Å². The average Bonchev–Trinajstić information content (AvgIpc) is 3.46. The Morgan fingerprint density at radius 1 is 1.03 bits per heavy atom. The maximum atomic E-state index is 12.9. The molecule has 1 atom stereocenters. The van der Waals surface area contributed by atoms with Crippen LogP contribution < -0.4 is 5.32 Å². The summed E-state index contributed by atoms with van der Waals surface area (Å²) in [4.78, 5) is 15.4. The number of fused-ring (bicyclic) bond motifs is 1. The van der Waals surface area contributed by atoms with E-state index in [0.717, 1.165) is 54.1 Å². The molecule has 0 bridgehead atoms. The number of hydrogen-bond donors (Lipinski definition) is 1. The van der Waals surface area contributed by atoms with Crippen LogP contribution in [0.4, 0.5) is 5.69 Å². The minimum Gasteiger partial charge on any atom is -0.459 e. The van der Waals surface area contributed by atoms with E-state index in [-0.39, 0.29) is 17.7 Å². The van der Waals surface area contributed by atoms with Gasteiger partial charge in [-0.1, -0.05) is 48.9 Å². The summed E-state index contributed by atoms with van der Waals surface area (Å²) in [5, 5.41) is 3.99. The molecule has 1 fully saturated rings. The van der Waals surface area contributed by atoms with Gasteiger partial charge >= 0.3 is 0 Å². The highest BCUT2D eigenvalue weighted by Gasteiger charge is 2.32. The SMILES string of the molecule is Cc1ccc(C(c2oc3ccccc3c2NC(=O)c2ccco2)N2CCC(C)CC2)cc1. The topological polar surface area (TPSA) is 58.6 Å². The van der Waals surface area contributed by atoms with E-state index in [4.69, 9.17) is 8.83 Å². The van der Waals surface area contributed by atoms with Crippen LogP contribution in [-0.2, 0) is 0 Å². The molecule has 0 aliphatic carbocycles. The average molecular weight is 429 g/mol. The van der Waals surface area contributed by atoms with E-state index in [1.54, 1.807) is 12.1 Å². The van der Waals surface area contributed by atoms with Crippen LogP contribution in [0.25, 0.3) is 11.0 Å². The lowest BCUT2D eigenvalue weighted by molar-refractivity contribution is 0.0995. The van der Waals surface area contributed by atoms with Gasteiger partial charge in [-0.15, -0.1) is 0 Å². The minimum atomic E-state index is -0.280. The number of furan rings is 2. The number of aryl methyl sites for hydroxylation is 1. The minimum absolute atomic E-state index is 0.0811. The van der Waals surface area contributed by atoms with Crippen LogP contribution in [0.15, 0.2) is 75.8 Å². The predicted molar refractivity (Wildman–Crippen MR) is 126 cm³/mol. The molecule has 0 radical (unpaired) electrons. The van der Waals surface area contributed by atoms with Crippen molar-refractivity contribution in [3.63, 3.8) is 0 Å². The van der Waals surface area contributed by atoms with Crippen LogP contribution in [0.3, 0.4) is 0 Å². The molecule has 1 aliphatic heterocycles. The van der Waals surface area contributed by atoms with Gasteiger partial charge in [0.1, 0.15) is 11.3 Å². The number of anilines is 1. The van der Waals surface area contributed by atoms with E-state index in [9.17, 15) is 4.79 Å². The summed E-state index contributed by atoms with van der Waals surface area (Å²) >= 11 is 0. The van der Waals surface area contributed by atoms with Crippen molar-refractivity contribution in [2.75, 3.05) is 18.4 Å². The number of nitrogens with zero attached hydrogens (tertiary/aromatic N) is 1. The number of benzene rings is 2. The van der Waals surface area contributed by atoms with Crippen molar-refractivity contribution in [3.05, 3.63) is 89.6 Å². The van der Waals surface area contributed by atoms with Crippen LogP contribution in [0.5, 0.6) is 0 Å². The highest BCUT2D eigenvalue weighted by molar-refractivity contribution is 6.08. The Hall–Kier alpha value is -3.31. The Morgan fingerprint density at radius 3 is 2.50 bits per heavy atom. The van der Waals surface area contributed by atoms with Gasteiger partial charge in [0.15, 0.2) is 5.76 Å². The zero-order chi connectivity index (χ0) is 22.1. The summed E-state index contributed by atoms with van der Waals surface area (Å²) in [6, 6.07) is 19.8. The van der Waals surface area contributed by atoms with Crippen LogP contribution in [0.2, 0.25) is 0 Å². The lowest BCUT2D eigenvalue weighted by Gasteiger charge is -2.36. The molecule has 0 saturated carbocycles.